The predicted molar refractivity (Wildman–Crippen MR) is 79.6 cm³/mol. The molecule has 0 bridgehead atoms. The number of carboxylic acids is 1. The Morgan fingerprint density at radius 3 is 2.71 bits per heavy atom. The minimum atomic E-state index is -0.895. The van der Waals surface area contributed by atoms with Gasteiger partial charge in [-0.1, -0.05) is 6.07 Å². The van der Waals surface area contributed by atoms with Gasteiger partial charge in [0.2, 0.25) is 5.95 Å². The molecule has 2 aromatic rings. The van der Waals surface area contributed by atoms with Crippen LogP contribution in [0.4, 0.5) is 11.8 Å². The van der Waals surface area contributed by atoms with E-state index in [4.69, 9.17) is 5.11 Å². The molecule has 21 heavy (non-hydrogen) atoms. The quantitative estimate of drug-likeness (QED) is 0.926. The molecule has 0 radical (unpaired) electrons. The summed E-state index contributed by atoms with van der Waals surface area (Å²) in [5.74, 6) is 0.615. The zero-order valence-corrected chi connectivity index (χ0v) is 11.9. The van der Waals surface area contributed by atoms with Crippen molar-refractivity contribution in [3.05, 3.63) is 47.2 Å². The Morgan fingerprint density at radius 1 is 1.24 bits per heavy atom. The Hall–Kier alpha value is -2.63. The molecule has 1 aromatic carbocycles. The molecule has 3 rings (SSSR count). The van der Waals surface area contributed by atoms with Gasteiger partial charge in [-0.3, -0.25) is 0 Å². The van der Waals surface area contributed by atoms with Gasteiger partial charge in [-0.25, -0.2) is 9.78 Å². The van der Waals surface area contributed by atoms with Crippen LogP contribution in [0, 0.1) is 0 Å². The normalized spacial score (nSPS) is 13.1. The molecule has 1 aliphatic rings. The maximum atomic E-state index is 11.0. The largest absolute Gasteiger partial charge is 0.478 e. The summed E-state index contributed by atoms with van der Waals surface area (Å²) in [7, 11) is 3.80. The van der Waals surface area contributed by atoms with Crippen LogP contribution in [-0.2, 0) is 13.1 Å². The highest BCUT2D eigenvalue weighted by molar-refractivity contribution is 5.88. The van der Waals surface area contributed by atoms with Gasteiger partial charge in [0, 0.05) is 33.4 Å². The number of nitrogens with zero attached hydrogens (tertiary/aromatic N) is 4. The lowest BCUT2D eigenvalue weighted by Gasteiger charge is -2.18. The molecule has 0 saturated carbocycles. The molecule has 0 aliphatic carbocycles. The molecule has 0 spiro atoms. The van der Waals surface area contributed by atoms with Crippen LogP contribution in [0.1, 0.15) is 21.5 Å². The summed E-state index contributed by atoms with van der Waals surface area (Å²) in [5, 5.41) is 9.06. The van der Waals surface area contributed by atoms with E-state index in [1.165, 1.54) is 0 Å². The van der Waals surface area contributed by atoms with E-state index >= 15 is 0 Å². The SMILES string of the molecule is CN(C)c1nccc(N2Cc3ccc(C(=O)O)cc3C2)n1. The molecular formula is C15H16N4O2. The lowest BCUT2D eigenvalue weighted by atomic mass is 10.1. The van der Waals surface area contributed by atoms with Gasteiger partial charge < -0.3 is 14.9 Å². The fourth-order valence-corrected chi connectivity index (χ4v) is 2.42. The zero-order valence-electron chi connectivity index (χ0n) is 11.9. The van der Waals surface area contributed by atoms with Gasteiger partial charge in [-0.2, -0.15) is 4.98 Å². The molecule has 2 heterocycles. The highest BCUT2D eigenvalue weighted by Gasteiger charge is 2.21. The fraction of sp³-hybridized carbons (Fsp3) is 0.267. The number of anilines is 2. The third kappa shape index (κ3) is 2.52. The third-order valence-electron chi connectivity index (χ3n) is 3.53. The van der Waals surface area contributed by atoms with Crippen molar-refractivity contribution in [2.24, 2.45) is 0 Å². The van der Waals surface area contributed by atoms with E-state index in [1.54, 1.807) is 18.3 Å². The van der Waals surface area contributed by atoms with E-state index < -0.39 is 5.97 Å². The smallest absolute Gasteiger partial charge is 0.335 e. The van der Waals surface area contributed by atoms with E-state index in [1.807, 2.05) is 31.1 Å². The first-order valence-electron chi connectivity index (χ1n) is 6.65. The molecule has 0 saturated heterocycles. The van der Waals surface area contributed by atoms with Crippen molar-refractivity contribution >= 4 is 17.7 Å². The first-order chi connectivity index (χ1) is 10.0. The Labute approximate surface area is 122 Å². The zero-order chi connectivity index (χ0) is 15.0. The standard InChI is InChI=1S/C15H16N4O2/c1-18(2)15-16-6-5-13(17-15)19-8-11-4-3-10(14(20)21)7-12(11)9-19/h3-7H,8-9H2,1-2H3,(H,20,21). The number of carboxylic acid groups (broad SMARTS) is 1. The Kier molecular flexibility index (Phi) is 3.21. The molecule has 6 heteroatoms. The van der Waals surface area contributed by atoms with E-state index in [9.17, 15) is 4.79 Å². The highest BCUT2D eigenvalue weighted by atomic mass is 16.4. The van der Waals surface area contributed by atoms with Crippen molar-refractivity contribution in [1.82, 2.24) is 9.97 Å². The van der Waals surface area contributed by atoms with Crippen LogP contribution in [0.5, 0.6) is 0 Å². The average Bonchev–Trinajstić information content (AvgIpc) is 2.90. The van der Waals surface area contributed by atoms with Gasteiger partial charge in [0.15, 0.2) is 0 Å². The molecule has 0 atom stereocenters. The summed E-state index contributed by atoms with van der Waals surface area (Å²) in [4.78, 5) is 23.7. The van der Waals surface area contributed by atoms with Crippen molar-refractivity contribution in [2.45, 2.75) is 13.1 Å². The second kappa shape index (κ2) is 5.05. The lowest BCUT2D eigenvalue weighted by molar-refractivity contribution is 0.0697. The van der Waals surface area contributed by atoms with Gasteiger partial charge in [-0.15, -0.1) is 0 Å². The second-order valence-electron chi connectivity index (χ2n) is 5.25. The van der Waals surface area contributed by atoms with Crippen molar-refractivity contribution < 1.29 is 9.90 Å². The van der Waals surface area contributed by atoms with Crippen LogP contribution in [0.3, 0.4) is 0 Å². The number of benzene rings is 1. The molecular weight excluding hydrogens is 268 g/mol. The van der Waals surface area contributed by atoms with Crippen LogP contribution >= 0.6 is 0 Å². The van der Waals surface area contributed by atoms with Crippen LogP contribution in [0.15, 0.2) is 30.5 Å². The lowest BCUT2D eigenvalue weighted by Crippen LogP contribution is -2.19. The summed E-state index contributed by atoms with van der Waals surface area (Å²) in [6.07, 6.45) is 1.74. The van der Waals surface area contributed by atoms with Crippen molar-refractivity contribution in [3.63, 3.8) is 0 Å². The maximum Gasteiger partial charge on any atom is 0.335 e. The van der Waals surface area contributed by atoms with E-state index in [-0.39, 0.29) is 0 Å². The molecule has 1 aliphatic heterocycles. The monoisotopic (exact) mass is 284 g/mol. The van der Waals surface area contributed by atoms with Crippen LogP contribution in [-0.4, -0.2) is 35.1 Å². The number of rotatable bonds is 3. The van der Waals surface area contributed by atoms with Gasteiger partial charge >= 0.3 is 5.97 Å². The van der Waals surface area contributed by atoms with E-state index in [0.717, 1.165) is 23.5 Å². The summed E-state index contributed by atoms with van der Waals surface area (Å²) in [6, 6.07) is 7.14. The van der Waals surface area contributed by atoms with Crippen LogP contribution in [0.25, 0.3) is 0 Å². The third-order valence-corrected chi connectivity index (χ3v) is 3.53. The topological polar surface area (TPSA) is 69.6 Å². The Morgan fingerprint density at radius 2 is 2.00 bits per heavy atom. The summed E-state index contributed by atoms with van der Waals surface area (Å²) in [6.45, 7) is 1.40. The molecule has 0 fully saturated rings. The first kappa shape index (κ1) is 13.4. The van der Waals surface area contributed by atoms with Gasteiger partial charge in [-0.05, 0) is 29.3 Å². The van der Waals surface area contributed by atoms with Gasteiger partial charge in [0.1, 0.15) is 5.82 Å². The van der Waals surface area contributed by atoms with Gasteiger partial charge in [0.05, 0.1) is 5.56 Å². The Balaban J connectivity index is 1.87. The van der Waals surface area contributed by atoms with Crippen molar-refractivity contribution in [1.29, 1.82) is 0 Å². The van der Waals surface area contributed by atoms with E-state index in [0.29, 0.717) is 18.1 Å². The number of hydrogen-bond acceptors (Lipinski definition) is 5. The number of hydrogen-bond donors (Lipinski definition) is 1. The molecule has 0 amide bonds. The minimum absolute atomic E-state index is 0.326. The predicted octanol–water partition coefficient (Wildman–Crippen LogP) is 1.76. The molecule has 1 N–H and O–H groups in total. The van der Waals surface area contributed by atoms with E-state index in [2.05, 4.69) is 14.9 Å². The fourth-order valence-electron chi connectivity index (χ4n) is 2.42. The number of carbonyl (C=O) groups is 1. The maximum absolute atomic E-state index is 11.0. The van der Waals surface area contributed by atoms with Crippen molar-refractivity contribution in [3.8, 4) is 0 Å². The minimum Gasteiger partial charge on any atom is -0.478 e. The number of aromatic carboxylic acids is 1. The molecule has 6 nitrogen and oxygen atoms in total. The molecule has 0 unspecified atom stereocenters. The first-order valence-corrected chi connectivity index (χ1v) is 6.65. The van der Waals surface area contributed by atoms with Crippen LogP contribution in [0.2, 0.25) is 0 Å². The van der Waals surface area contributed by atoms with Crippen molar-refractivity contribution in [2.75, 3.05) is 23.9 Å². The summed E-state index contributed by atoms with van der Waals surface area (Å²) in [5.41, 5.74) is 2.51. The highest BCUT2D eigenvalue weighted by Crippen LogP contribution is 2.28. The number of aromatic nitrogens is 2. The molecule has 1 aromatic heterocycles. The molecule has 108 valence electrons. The summed E-state index contributed by atoms with van der Waals surface area (Å²) >= 11 is 0. The van der Waals surface area contributed by atoms with Gasteiger partial charge in [0.25, 0.3) is 0 Å². The Bertz CT molecular complexity index is 700. The summed E-state index contributed by atoms with van der Waals surface area (Å²) < 4.78 is 0. The second-order valence-corrected chi connectivity index (χ2v) is 5.25. The number of fused-ring (bicyclic) bond motifs is 1. The van der Waals surface area contributed by atoms with Crippen LogP contribution < -0.4 is 9.80 Å². The average molecular weight is 284 g/mol.